The molecule has 0 bridgehead atoms. The van der Waals surface area contributed by atoms with Gasteiger partial charge in [-0.15, -0.1) is 0 Å². The van der Waals surface area contributed by atoms with Crippen molar-refractivity contribution >= 4 is 17.6 Å². The molecule has 0 fully saturated rings. The summed E-state index contributed by atoms with van der Waals surface area (Å²) in [5.41, 5.74) is 2.56. The van der Waals surface area contributed by atoms with E-state index >= 15 is 0 Å². The summed E-state index contributed by atoms with van der Waals surface area (Å²) >= 11 is 0. The Morgan fingerprint density at radius 1 is 1.13 bits per heavy atom. The number of allylic oxidation sites excluding steroid dienone is 4. The predicted molar refractivity (Wildman–Crippen MR) is 90.2 cm³/mol. The van der Waals surface area contributed by atoms with Crippen molar-refractivity contribution in [3.8, 4) is 0 Å². The summed E-state index contributed by atoms with van der Waals surface area (Å²) in [6.07, 6.45) is 8.56. The lowest BCUT2D eigenvalue weighted by Gasteiger charge is -2.04. The number of carbonyl (C=O) groups is 2. The van der Waals surface area contributed by atoms with E-state index in [-0.39, 0.29) is 12.5 Å². The van der Waals surface area contributed by atoms with Gasteiger partial charge in [-0.05, 0) is 37.5 Å². The molecule has 0 unspecified atom stereocenters. The number of aliphatic hydroxyl groups is 1. The number of carboxylic acid groups (broad SMARTS) is 1. The van der Waals surface area contributed by atoms with Crippen LogP contribution in [0.4, 0.5) is 5.69 Å². The van der Waals surface area contributed by atoms with E-state index in [4.69, 9.17) is 10.2 Å². The maximum absolute atomic E-state index is 11.8. The molecule has 1 rings (SSSR count). The second-order valence-corrected chi connectivity index (χ2v) is 4.95. The fourth-order valence-corrected chi connectivity index (χ4v) is 1.77. The number of carbonyl (C=O) groups excluding carboxylic acids is 1. The van der Waals surface area contributed by atoms with E-state index in [0.29, 0.717) is 5.69 Å². The normalized spacial score (nSPS) is 12.0. The number of aliphatic carboxylic acids is 1. The number of hydrogen-bond donors (Lipinski definition) is 3. The van der Waals surface area contributed by atoms with Crippen molar-refractivity contribution in [1.82, 2.24) is 0 Å². The van der Waals surface area contributed by atoms with Gasteiger partial charge in [0.15, 0.2) is 0 Å². The van der Waals surface area contributed by atoms with E-state index in [1.165, 1.54) is 12.2 Å². The summed E-state index contributed by atoms with van der Waals surface area (Å²) in [4.78, 5) is 22.1. The van der Waals surface area contributed by atoms with Crippen LogP contribution < -0.4 is 5.32 Å². The lowest BCUT2D eigenvalue weighted by molar-refractivity contribution is -0.131. The van der Waals surface area contributed by atoms with Crippen LogP contribution in [0.3, 0.4) is 0 Å². The zero-order chi connectivity index (χ0) is 17.1. The summed E-state index contributed by atoms with van der Waals surface area (Å²) in [6, 6.07) is 7.46. The standard InChI is InChI=1S/C18H21NO4/c1-14(4-2-6-18(22)23)7-12-17(21)19-16-10-8-15(9-11-16)5-3-13-20/h2,4,6-12,20H,3,5,13H2,1H3,(H,19,21)(H,22,23). The van der Waals surface area contributed by atoms with E-state index in [0.717, 1.165) is 30.1 Å². The van der Waals surface area contributed by atoms with Crippen molar-refractivity contribution in [2.45, 2.75) is 19.8 Å². The Hall–Kier alpha value is -2.66. The second-order valence-electron chi connectivity index (χ2n) is 4.95. The fraction of sp³-hybridized carbons (Fsp3) is 0.222. The minimum Gasteiger partial charge on any atom is -0.478 e. The van der Waals surface area contributed by atoms with Gasteiger partial charge < -0.3 is 15.5 Å². The Morgan fingerprint density at radius 2 is 1.83 bits per heavy atom. The highest BCUT2D eigenvalue weighted by Crippen LogP contribution is 2.11. The van der Waals surface area contributed by atoms with Gasteiger partial charge in [0.25, 0.3) is 0 Å². The number of benzene rings is 1. The molecule has 0 saturated heterocycles. The third-order valence-electron chi connectivity index (χ3n) is 2.94. The summed E-state index contributed by atoms with van der Waals surface area (Å²) in [5.74, 6) is -1.28. The van der Waals surface area contributed by atoms with Crippen LogP contribution in [-0.2, 0) is 16.0 Å². The van der Waals surface area contributed by atoms with Gasteiger partial charge in [-0.3, -0.25) is 4.79 Å². The molecule has 0 atom stereocenters. The average Bonchev–Trinajstić information content (AvgIpc) is 2.52. The zero-order valence-corrected chi connectivity index (χ0v) is 13.0. The molecule has 23 heavy (non-hydrogen) atoms. The molecule has 1 amide bonds. The molecular weight excluding hydrogens is 294 g/mol. The van der Waals surface area contributed by atoms with Gasteiger partial charge in [0.2, 0.25) is 5.91 Å². The van der Waals surface area contributed by atoms with E-state index in [9.17, 15) is 9.59 Å². The SMILES string of the molecule is CC(C=CC(=O)Nc1ccc(CCCO)cc1)=CC=CC(=O)O. The van der Waals surface area contributed by atoms with Crippen molar-refractivity contribution in [2.75, 3.05) is 11.9 Å². The van der Waals surface area contributed by atoms with Gasteiger partial charge in [-0.1, -0.05) is 35.9 Å². The number of nitrogens with one attached hydrogen (secondary N) is 1. The highest BCUT2D eigenvalue weighted by atomic mass is 16.4. The molecule has 3 N–H and O–H groups in total. The number of aryl methyl sites for hydroxylation is 1. The largest absolute Gasteiger partial charge is 0.478 e. The van der Waals surface area contributed by atoms with Crippen LogP contribution in [0.2, 0.25) is 0 Å². The lowest BCUT2D eigenvalue weighted by atomic mass is 10.1. The number of hydrogen-bond acceptors (Lipinski definition) is 3. The number of anilines is 1. The van der Waals surface area contributed by atoms with Gasteiger partial charge in [0, 0.05) is 24.4 Å². The van der Waals surface area contributed by atoms with Gasteiger partial charge in [-0.25, -0.2) is 4.79 Å². The van der Waals surface area contributed by atoms with Gasteiger partial charge in [-0.2, -0.15) is 0 Å². The third kappa shape index (κ3) is 8.38. The number of amides is 1. The quantitative estimate of drug-likeness (QED) is 0.508. The molecule has 0 spiro atoms. The second kappa shape index (κ2) is 10.1. The fourth-order valence-electron chi connectivity index (χ4n) is 1.77. The molecule has 0 radical (unpaired) electrons. The summed E-state index contributed by atoms with van der Waals surface area (Å²) in [6.45, 7) is 1.93. The molecule has 122 valence electrons. The van der Waals surface area contributed by atoms with Crippen LogP contribution in [0.25, 0.3) is 0 Å². The van der Waals surface area contributed by atoms with Crippen molar-refractivity contribution < 1.29 is 19.8 Å². The minimum atomic E-state index is -1.02. The highest BCUT2D eigenvalue weighted by molar-refractivity contribution is 5.99. The molecule has 0 aliphatic heterocycles. The van der Waals surface area contributed by atoms with Crippen LogP contribution in [0.15, 0.2) is 60.2 Å². The summed E-state index contributed by atoms with van der Waals surface area (Å²) < 4.78 is 0. The molecular formula is C18H21NO4. The zero-order valence-electron chi connectivity index (χ0n) is 13.0. The third-order valence-corrected chi connectivity index (χ3v) is 2.94. The molecule has 1 aromatic rings. The van der Waals surface area contributed by atoms with Crippen LogP contribution in [0.5, 0.6) is 0 Å². The van der Waals surface area contributed by atoms with Crippen molar-refractivity contribution in [3.63, 3.8) is 0 Å². The average molecular weight is 315 g/mol. The Kier molecular flexibility index (Phi) is 8.10. The van der Waals surface area contributed by atoms with Crippen LogP contribution >= 0.6 is 0 Å². The maximum atomic E-state index is 11.8. The van der Waals surface area contributed by atoms with Crippen molar-refractivity contribution in [1.29, 1.82) is 0 Å². The van der Waals surface area contributed by atoms with Crippen LogP contribution in [0, 0.1) is 0 Å². The number of aliphatic hydroxyl groups excluding tert-OH is 1. The Labute approximate surface area is 135 Å². The Bertz CT molecular complexity index is 612. The molecule has 0 heterocycles. The van der Waals surface area contributed by atoms with Crippen molar-refractivity contribution in [3.05, 3.63) is 65.8 Å². The summed E-state index contributed by atoms with van der Waals surface area (Å²) in [5, 5.41) is 20.0. The molecule has 0 aliphatic rings. The number of rotatable bonds is 8. The first-order valence-corrected chi connectivity index (χ1v) is 7.28. The Balaban J connectivity index is 2.52. The first kappa shape index (κ1) is 18.4. The van der Waals surface area contributed by atoms with Crippen molar-refractivity contribution in [2.24, 2.45) is 0 Å². The van der Waals surface area contributed by atoms with Gasteiger partial charge in [0.05, 0.1) is 0 Å². The van der Waals surface area contributed by atoms with E-state index < -0.39 is 5.97 Å². The predicted octanol–water partition coefficient (Wildman–Crippen LogP) is 2.69. The van der Waals surface area contributed by atoms with E-state index in [2.05, 4.69) is 5.32 Å². The molecule has 0 saturated carbocycles. The maximum Gasteiger partial charge on any atom is 0.328 e. The topological polar surface area (TPSA) is 86.6 Å². The molecule has 5 heteroatoms. The van der Waals surface area contributed by atoms with E-state index in [1.54, 1.807) is 19.1 Å². The Morgan fingerprint density at radius 3 is 2.43 bits per heavy atom. The lowest BCUT2D eigenvalue weighted by Crippen LogP contribution is -2.07. The smallest absolute Gasteiger partial charge is 0.328 e. The van der Waals surface area contributed by atoms with Gasteiger partial charge in [0.1, 0.15) is 0 Å². The molecule has 0 aliphatic carbocycles. The molecule has 5 nitrogen and oxygen atoms in total. The minimum absolute atomic E-state index is 0.164. The molecule has 1 aromatic carbocycles. The number of carboxylic acids is 1. The van der Waals surface area contributed by atoms with Gasteiger partial charge >= 0.3 is 5.97 Å². The summed E-state index contributed by atoms with van der Waals surface area (Å²) in [7, 11) is 0. The first-order chi connectivity index (χ1) is 11.0. The monoisotopic (exact) mass is 315 g/mol. The molecule has 0 aromatic heterocycles. The highest BCUT2D eigenvalue weighted by Gasteiger charge is 1.98. The van der Waals surface area contributed by atoms with Crippen LogP contribution in [0.1, 0.15) is 18.9 Å². The first-order valence-electron chi connectivity index (χ1n) is 7.28. The van der Waals surface area contributed by atoms with Crippen LogP contribution in [-0.4, -0.2) is 28.7 Å². The van der Waals surface area contributed by atoms with E-state index in [1.807, 2.05) is 24.3 Å².